The maximum absolute atomic E-state index is 12.1. The number of aromatic amines is 1. The van der Waals surface area contributed by atoms with E-state index in [4.69, 9.17) is 9.47 Å². The number of nitrogens with zero attached hydrogens (tertiary/aromatic N) is 2. The number of benzene rings is 2. The molecule has 0 saturated carbocycles. The van der Waals surface area contributed by atoms with Crippen LogP contribution in [0.4, 0.5) is 5.69 Å². The van der Waals surface area contributed by atoms with E-state index in [-0.39, 0.29) is 0 Å². The zero-order valence-electron chi connectivity index (χ0n) is 16.9. The maximum Gasteiger partial charge on any atom is 0.356 e. The smallest absolute Gasteiger partial charge is 0.356 e. The van der Waals surface area contributed by atoms with Crippen molar-refractivity contribution in [3.05, 3.63) is 83.2 Å². The highest BCUT2D eigenvalue weighted by Gasteiger charge is 2.18. The summed E-state index contributed by atoms with van der Waals surface area (Å²) in [6, 6.07) is 18.0. The molecule has 3 aromatic rings. The second-order valence-corrected chi connectivity index (χ2v) is 6.84. The summed E-state index contributed by atoms with van der Waals surface area (Å²) in [4.78, 5) is 21.3. The van der Waals surface area contributed by atoms with Gasteiger partial charge in [-0.1, -0.05) is 42.5 Å². The van der Waals surface area contributed by atoms with Crippen molar-refractivity contribution in [3.8, 4) is 5.75 Å². The molecular weight excluding hydrogens is 366 g/mol. The molecule has 0 amide bonds. The summed E-state index contributed by atoms with van der Waals surface area (Å²) in [5.74, 6) is 0.357. The molecule has 0 atom stereocenters. The fraction of sp³-hybridized carbons (Fsp3) is 0.217. The van der Waals surface area contributed by atoms with Crippen molar-refractivity contribution in [2.75, 3.05) is 21.2 Å². The van der Waals surface area contributed by atoms with Crippen molar-refractivity contribution in [2.24, 2.45) is 4.99 Å². The minimum Gasteiger partial charge on any atom is -0.489 e. The molecule has 0 aliphatic heterocycles. The lowest BCUT2D eigenvalue weighted by molar-refractivity contribution is 0.0596. The van der Waals surface area contributed by atoms with Gasteiger partial charge in [-0.25, -0.2) is 9.79 Å². The summed E-state index contributed by atoms with van der Waals surface area (Å²) in [5, 5.41) is 0. The number of H-pyrrole nitrogens is 1. The summed E-state index contributed by atoms with van der Waals surface area (Å²) in [7, 11) is 5.11. The Balaban J connectivity index is 1.79. The van der Waals surface area contributed by atoms with Crippen LogP contribution in [0.1, 0.15) is 27.2 Å². The number of rotatable bonds is 8. The molecule has 0 saturated heterocycles. The Labute approximate surface area is 170 Å². The summed E-state index contributed by atoms with van der Waals surface area (Å²) < 4.78 is 10.8. The molecule has 0 aliphatic carbocycles. The van der Waals surface area contributed by atoms with Crippen LogP contribution in [0.2, 0.25) is 0 Å². The van der Waals surface area contributed by atoms with E-state index in [0.29, 0.717) is 24.4 Å². The fourth-order valence-corrected chi connectivity index (χ4v) is 2.88. The van der Waals surface area contributed by atoms with Gasteiger partial charge in [0.25, 0.3) is 0 Å². The van der Waals surface area contributed by atoms with Crippen LogP contribution in [0.25, 0.3) is 0 Å². The van der Waals surface area contributed by atoms with Crippen LogP contribution < -0.4 is 4.74 Å². The highest BCUT2D eigenvalue weighted by molar-refractivity contribution is 5.94. The number of esters is 1. The first-order valence-corrected chi connectivity index (χ1v) is 9.31. The molecule has 1 aromatic heterocycles. The van der Waals surface area contributed by atoms with Gasteiger partial charge in [0.05, 0.1) is 13.4 Å². The molecule has 3 rings (SSSR count). The number of nitrogens with one attached hydrogen (secondary N) is 1. The third-order valence-corrected chi connectivity index (χ3v) is 4.28. The van der Waals surface area contributed by atoms with Gasteiger partial charge in [-0.3, -0.25) is 0 Å². The second-order valence-electron chi connectivity index (χ2n) is 6.84. The fourth-order valence-electron chi connectivity index (χ4n) is 2.88. The quantitative estimate of drug-likeness (QED) is 0.355. The summed E-state index contributed by atoms with van der Waals surface area (Å²) >= 11 is 0. The Bertz CT molecular complexity index is 978. The van der Waals surface area contributed by atoms with Gasteiger partial charge in [-0.2, -0.15) is 0 Å². The molecule has 0 fully saturated rings. The van der Waals surface area contributed by atoms with Crippen LogP contribution in [0.5, 0.6) is 5.75 Å². The highest BCUT2D eigenvalue weighted by Crippen LogP contribution is 2.28. The largest absolute Gasteiger partial charge is 0.489 e. The number of carbonyl (C=O) groups excluding carboxylic acids is 1. The van der Waals surface area contributed by atoms with Gasteiger partial charge >= 0.3 is 5.97 Å². The lowest BCUT2D eigenvalue weighted by Gasteiger charge is -2.09. The zero-order chi connectivity index (χ0) is 20.6. The van der Waals surface area contributed by atoms with Crippen molar-refractivity contribution >= 4 is 18.0 Å². The third-order valence-electron chi connectivity index (χ3n) is 4.28. The molecule has 1 heterocycles. The highest BCUT2D eigenvalue weighted by atomic mass is 16.5. The predicted octanol–water partition coefficient (Wildman–Crippen LogP) is 4.19. The van der Waals surface area contributed by atoms with E-state index in [1.165, 1.54) is 7.11 Å². The van der Waals surface area contributed by atoms with Gasteiger partial charge in [0, 0.05) is 32.3 Å². The first-order valence-electron chi connectivity index (χ1n) is 9.31. The third kappa shape index (κ3) is 5.48. The summed E-state index contributed by atoms with van der Waals surface area (Å²) in [6.07, 6.45) is 4.07. The number of aromatic nitrogens is 1. The van der Waals surface area contributed by atoms with Crippen molar-refractivity contribution in [1.82, 2.24) is 9.88 Å². The lowest BCUT2D eigenvalue weighted by Crippen LogP contribution is -2.08. The molecule has 0 radical (unpaired) electrons. The van der Waals surface area contributed by atoms with Crippen LogP contribution in [-0.2, 0) is 17.8 Å². The first-order chi connectivity index (χ1) is 14.1. The van der Waals surface area contributed by atoms with E-state index in [1.54, 1.807) is 12.5 Å². The molecule has 6 heteroatoms. The topological polar surface area (TPSA) is 66.9 Å². The number of carbonyl (C=O) groups is 1. The monoisotopic (exact) mass is 391 g/mol. The maximum atomic E-state index is 12.1. The molecule has 0 aliphatic rings. The standard InChI is InChI=1S/C23H25N3O3/c1-26(2)16-25-21-19(14-24-22(21)23(27)28-3)12-18-10-7-11-20(13-18)29-15-17-8-5-4-6-9-17/h4-11,13-14,16,24H,12,15H2,1-3H3. The minimum atomic E-state index is -0.442. The molecule has 1 N–H and O–H groups in total. The van der Waals surface area contributed by atoms with Gasteiger partial charge in [0.2, 0.25) is 0 Å². The Morgan fingerprint density at radius 3 is 2.59 bits per heavy atom. The number of aliphatic imine (C=N–C) groups is 1. The van der Waals surface area contributed by atoms with E-state index >= 15 is 0 Å². The molecule has 0 bridgehead atoms. The molecular formula is C23H25N3O3. The molecule has 29 heavy (non-hydrogen) atoms. The molecule has 150 valence electrons. The summed E-state index contributed by atoms with van der Waals surface area (Å²) in [5.41, 5.74) is 4.01. The van der Waals surface area contributed by atoms with Crippen molar-refractivity contribution in [3.63, 3.8) is 0 Å². The van der Waals surface area contributed by atoms with Gasteiger partial charge in [0.15, 0.2) is 5.69 Å². The minimum absolute atomic E-state index is 0.345. The second kappa shape index (κ2) is 9.59. The average molecular weight is 391 g/mol. The van der Waals surface area contributed by atoms with Crippen LogP contribution in [0, 0.1) is 0 Å². The van der Waals surface area contributed by atoms with E-state index < -0.39 is 5.97 Å². The Morgan fingerprint density at radius 1 is 1.10 bits per heavy atom. The number of methoxy groups -OCH3 is 1. The van der Waals surface area contributed by atoms with E-state index in [0.717, 1.165) is 22.4 Å². The van der Waals surface area contributed by atoms with Crippen molar-refractivity contribution < 1.29 is 14.3 Å². The normalized spacial score (nSPS) is 10.9. The van der Waals surface area contributed by atoms with Gasteiger partial charge in [-0.05, 0) is 23.3 Å². The average Bonchev–Trinajstić information content (AvgIpc) is 3.13. The predicted molar refractivity (Wildman–Crippen MR) is 114 cm³/mol. The van der Waals surface area contributed by atoms with Gasteiger partial charge < -0.3 is 19.4 Å². The SMILES string of the molecule is COC(=O)c1[nH]cc(Cc2cccc(OCc3ccccc3)c2)c1N=CN(C)C. The number of hydrogen-bond donors (Lipinski definition) is 1. The molecule has 2 aromatic carbocycles. The van der Waals surface area contributed by atoms with Crippen LogP contribution in [0.15, 0.2) is 65.8 Å². The van der Waals surface area contributed by atoms with Crippen LogP contribution in [-0.4, -0.2) is 43.4 Å². The number of ether oxygens (including phenoxy) is 2. The van der Waals surface area contributed by atoms with Crippen LogP contribution in [0.3, 0.4) is 0 Å². The van der Waals surface area contributed by atoms with Crippen molar-refractivity contribution in [2.45, 2.75) is 13.0 Å². The van der Waals surface area contributed by atoms with E-state index in [9.17, 15) is 4.79 Å². The van der Waals surface area contributed by atoms with E-state index in [1.807, 2.05) is 73.6 Å². The molecule has 0 spiro atoms. The lowest BCUT2D eigenvalue weighted by atomic mass is 10.1. The summed E-state index contributed by atoms with van der Waals surface area (Å²) in [6.45, 7) is 0.513. The first kappa shape index (κ1) is 20.2. The van der Waals surface area contributed by atoms with Gasteiger partial charge in [-0.15, -0.1) is 0 Å². The zero-order valence-corrected chi connectivity index (χ0v) is 16.9. The Hall–Kier alpha value is -3.54. The van der Waals surface area contributed by atoms with Gasteiger partial charge in [0.1, 0.15) is 18.0 Å². The number of hydrogen-bond acceptors (Lipinski definition) is 4. The van der Waals surface area contributed by atoms with E-state index in [2.05, 4.69) is 9.98 Å². The van der Waals surface area contributed by atoms with Crippen molar-refractivity contribution in [1.29, 1.82) is 0 Å². The molecule has 6 nitrogen and oxygen atoms in total. The molecule has 0 unspecified atom stereocenters. The van der Waals surface area contributed by atoms with Crippen LogP contribution >= 0.6 is 0 Å². The Morgan fingerprint density at radius 2 is 1.86 bits per heavy atom. The Kier molecular flexibility index (Phi) is 6.68.